The zero-order valence-electron chi connectivity index (χ0n) is 4.77. The zero-order valence-corrected chi connectivity index (χ0v) is 7.11. The monoisotopic (exact) mass is 207 g/mol. The minimum atomic E-state index is 0.472. The second kappa shape index (κ2) is 4.65. The fourth-order valence-corrected chi connectivity index (χ4v) is 0.968. The largest absolute Gasteiger partial charge is 0.405 e. The topological polar surface area (TPSA) is 26.0 Å². The molecule has 0 unspecified atom stereocenters. The lowest BCUT2D eigenvalue weighted by atomic mass is 10.5. The molecule has 50 valence electrons. The van der Waals surface area contributed by atoms with Gasteiger partial charge in [0.05, 0.1) is 0 Å². The molecule has 0 aromatic carbocycles. The first kappa shape index (κ1) is 8.79. The summed E-state index contributed by atoms with van der Waals surface area (Å²) in [5.74, 6) is 0. The standard InChI is InChI=1S/C6H7BrClN/c1-5(8)4-6(7)2-3-9/h2-4H,1,9H2/b3-2-,6-4+. The number of hydrogen-bond donors (Lipinski definition) is 1. The Morgan fingerprint density at radius 3 is 2.56 bits per heavy atom. The normalized spacial score (nSPS) is 12.4. The summed E-state index contributed by atoms with van der Waals surface area (Å²) in [5, 5.41) is 0.472. The van der Waals surface area contributed by atoms with Crippen molar-refractivity contribution in [3.63, 3.8) is 0 Å². The van der Waals surface area contributed by atoms with Gasteiger partial charge in [-0.05, 0) is 18.4 Å². The summed E-state index contributed by atoms with van der Waals surface area (Å²) in [7, 11) is 0. The third kappa shape index (κ3) is 5.66. The van der Waals surface area contributed by atoms with Gasteiger partial charge in [0.2, 0.25) is 0 Å². The van der Waals surface area contributed by atoms with Crippen LogP contribution in [0.15, 0.2) is 34.4 Å². The van der Waals surface area contributed by atoms with E-state index in [1.165, 1.54) is 6.20 Å². The summed E-state index contributed by atoms with van der Waals surface area (Å²) in [6, 6.07) is 0. The van der Waals surface area contributed by atoms with Crippen molar-refractivity contribution in [3.8, 4) is 0 Å². The molecule has 0 aliphatic heterocycles. The average molecular weight is 208 g/mol. The molecule has 0 rings (SSSR count). The van der Waals surface area contributed by atoms with Gasteiger partial charge in [0.15, 0.2) is 0 Å². The minimum Gasteiger partial charge on any atom is -0.405 e. The first-order valence-corrected chi connectivity index (χ1v) is 3.44. The van der Waals surface area contributed by atoms with E-state index in [0.29, 0.717) is 5.03 Å². The van der Waals surface area contributed by atoms with Gasteiger partial charge in [-0.2, -0.15) is 0 Å². The minimum absolute atomic E-state index is 0.472. The second-order valence-electron chi connectivity index (χ2n) is 1.34. The molecule has 0 amide bonds. The van der Waals surface area contributed by atoms with E-state index in [2.05, 4.69) is 22.5 Å². The Hall–Kier alpha value is -0.210. The summed E-state index contributed by atoms with van der Waals surface area (Å²) in [4.78, 5) is 0. The first-order valence-electron chi connectivity index (χ1n) is 2.26. The fourth-order valence-electron chi connectivity index (χ4n) is 0.290. The summed E-state index contributed by atoms with van der Waals surface area (Å²) in [6.45, 7) is 3.46. The van der Waals surface area contributed by atoms with Gasteiger partial charge >= 0.3 is 0 Å². The highest BCUT2D eigenvalue weighted by molar-refractivity contribution is 9.11. The van der Waals surface area contributed by atoms with Gasteiger partial charge in [0.1, 0.15) is 0 Å². The Morgan fingerprint density at radius 1 is 1.67 bits per heavy atom. The van der Waals surface area contributed by atoms with Gasteiger partial charge in [0.25, 0.3) is 0 Å². The van der Waals surface area contributed by atoms with Crippen molar-refractivity contribution in [3.05, 3.63) is 34.4 Å². The molecule has 0 fully saturated rings. The number of nitrogens with two attached hydrogens (primary N) is 1. The summed E-state index contributed by atoms with van der Waals surface area (Å²) in [5.41, 5.74) is 5.08. The maximum Gasteiger partial charge on any atom is 0.0345 e. The number of allylic oxidation sites excluding steroid dienone is 4. The van der Waals surface area contributed by atoms with Gasteiger partial charge < -0.3 is 5.73 Å². The van der Waals surface area contributed by atoms with Gasteiger partial charge in [0, 0.05) is 9.51 Å². The van der Waals surface area contributed by atoms with Crippen LogP contribution in [0.25, 0.3) is 0 Å². The Balaban J connectivity index is 4.00. The molecule has 0 spiro atoms. The van der Waals surface area contributed by atoms with E-state index in [1.54, 1.807) is 12.2 Å². The molecular formula is C6H7BrClN. The van der Waals surface area contributed by atoms with Crippen LogP contribution in [0.2, 0.25) is 0 Å². The maximum absolute atomic E-state index is 5.43. The highest BCUT2D eigenvalue weighted by atomic mass is 79.9. The SMILES string of the molecule is C=C(Cl)/C=C(Br)\C=C/N. The molecule has 3 heteroatoms. The van der Waals surface area contributed by atoms with E-state index in [4.69, 9.17) is 17.3 Å². The van der Waals surface area contributed by atoms with Crippen molar-refractivity contribution < 1.29 is 0 Å². The highest BCUT2D eigenvalue weighted by Crippen LogP contribution is 2.11. The van der Waals surface area contributed by atoms with Crippen LogP contribution in [-0.2, 0) is 0 Å². The van der Waals surface area contributed by atoms with Gasteiger partial charge in [-0.15, -0.1) is 0 Å². The van der Waals surface area contributed by atoms with Crippen LogP contribution in [0, 0.1) is 0 Å². The lowest BCUT2D eigenvalue weighted by Gasteiger charge is -1.85. The maximum atomic E-state index is 5.43. The van der Waals surface area contributed by atoms with Crippen LogP contribution in [0.5, 0.6) is 0 Å². The van der Waals surface area contributed by atoms with E-state index in [1.807, 2.05) is 0 Å². The van der Waals surface area contributed by atoms with E-state index in [0.717, 1.165) is 4.48 Å². The Labute approximate surface area is 68.0 Å². The van der Waals surface area contributed by atoms with Crippen LogP contribution in [0.3, 0.4) is 0 Å². The highest BCUT2D eigenvalue weighted by Gasteiger charge is 1.82. The average Bonchev–Trinajstić information content (AvgIpc) is 1.63. The molecule has 0 bridgehead atoms. The molecule has 0 heterocycles. The van der Waals surface area contributed by atoms with Gasteiger partial charge in [-0.3, -0.25) is 0 Å². The first-order chi connectivity index (χ1) is 4.16. The third-order valence-corrected chi connectivity index (χ3v) is 1.15. The van der Waals surface area contributed by atoms with E-state index in [9.17, 15) is 0 Å². The van der Waals surface area contributed by atoms with Crippen molar-refractivity contribution in [1.82, 2.24) is 0 Å². The number of hydrogen-bond acceptors (Lipinski definition) is 1. The van der Waals surface area contributed by atoms with Crippen LogP contribution >= 0.6 is 27.5 Å². The van der Waals surface area contributed by atoms with Gasteiger partial charge in [-0.1, -0.05) is 34.1 Å². The summed E-state index contributed by atoms with van der Waals surface area (Å²) in [6.07, 6.45) is 4.75. The molecule has 0 radical (unpaired) electrons. The predicted octanol–water partition coefficient (Wildman–Crippen LogP) is 2.49. The molecule has 0 atom stereocenters. The smallest absolute Gasteiger partial charge is 0.0345 e. The molecule has 2 N–H and O–H groups in total. The molecule has 1 nitrogen and oxygen atoms in total. The second-order valence-corrected chi connectivity index (χ2v) is 2.74. The van der Waals surface area contributed by atoms with Crippen molar-refractivity contribution in [2.75, 3.05) is 0 Å². The lowest BCUT2D eigenvalue weighted by Crippen LogP contribution is -1.74. The fraction of sp³-hybridized carbons (Fsp3) is 0. The number of halogens is 2. The van der Waals surface area contributed by atoms with Crippen molar-refractivity contribution >= 4 is 27.5 Å². The van der Waals surface area contributed by atoms with Crippen LogP contribution in [-0.4, -0.2) is 0 Å². The predicted molar refractivity (Wildman–Crippen MR) is 45.3 cm³/mol. The molecule has 0 aromatic rings. The lowest BCUT2D eigenvalue weighted by molar-refractivity contribution is 1.59. The molecule has 0 aromatic heterocycles. The van der Waals surface area contributed by atoms with E-state index < -0.39 is 0 Å². The molecule has 9 heavy (non-hydrogen) atoms. The van der Waals surface area contributed by atoms with Crippen molar-refractivity contribution in [2.24, 2.45) is 5.73 Å². The van der Waals surface area contributed by atoms with E-state index in [-0.39, 0.29) is 0 Å². The number of rotatable bonds is 2. The van der Waals surface area contributed by atoms with E-state index >= 15 is 0 Å². The van der Waals surface area contributed by atoms with Crippen LogP contribution < -0.4 is 5.73 Å². The summed E-state index contributed by atoms with van der Waals surface area (Å²) >= 11 is 8.62. The third-order valence-electron chi connectivity index (χ3n) is 0.550. The Morgan fingerprint density at radius 2 is 2.22 bits per heavy atom. The van der Waals surface area contributed by atoms with Crippen LogP contribution in [0.1, 0.15) is 0 Å². The molecule has 0 saturated heterocycles. The van der Waals surface area contributed by atoms with Crippen LogP contribution in [0.4, 0.5) is 0 Å². The molecule has 0 saturated carbocycles. The quantitative estimate of drug-likeness (QED) is 0.693. The van der Waals surface area contributed by atoms with Gasteiger partial charge in [-0.25, -0.2) is 0 Å². The summed E-state index contributed by atoms with van der Waals surface area (Å²) < 4.78 is 0.810. The van der Waals surface area contributed by atoms with Crippen molar-refractivity contribution in [2.45, 2.75) is 0 Å². The molecule has 0 aliphatic carbocycles. The Kier molecular flexibility index (Phi) is 4.54. The van der Waals surface area contributed by atoms with Crippen molar-refractivity contribution in [1.29, 1.82) is 0 Å². The Bertz CT molecular complexity index is 160. The zero-order chi connectivity index (χ0) is 7.28. The molecule has 0 aliphatic rings. The molecular weight excluding hydrogens is 201 g/mol.